The second-order valence-electron chi connectivity index (χ2n) is 5.47. The smallest absolute Gasteiger partial charge is 0.251 e. The van der Waals surface area contributed by atoms with Crippen molar-refractivity contribution in [3.63, 3.8) is 0 Å². The number of hydrogen-bond acceptors (Lipinski definition) is 2. The molecule has 3 nitrogen and oxygen atoms in total. The van der Waals surface area contributed by atoms with Gasteiger partial charge in [-0.15, -0.1) is 11.6 Å². The van der Waals surface area contributed by atoms with Crippen molar-refractivity contribution in [2.45, 2.75) is 45.8 Å². The van der Waals surface area contributed by atoms with E-state index < -0.39 is 0 Å². The van der Waals surface area contributed by atoms with Crippen molar-refractivity contribution in [3.05, 3.63) is 29.8 Å². The Morgan fingerprint density at radius 2 is 2.11 bits per heavy atom. The SMILES string of the molecule is CC(C)Oc1cccc(C(=O)NC(C)(C)CCCl)c1. The second kappa shape index (κ2) is 6.80. The van der Waals surface area contributed by atoms with Crippen molar-refractivity contribution in [2.24, 2.45) is 0 Å². The van der Waals surface area contributed by atoms with Crippen LogP contribution in [0.25, 0.3) is 0 Å². The predicted molar refractivity (Wildman–Crippen MR) is 79.1 cm³/mol. The molecule has 1 N–H and O–H groups in total. The maximum atomic E-state index is 12.2. The van der Waals surface area contributed by atoms with E-state index in [1.807, 2.05) is 39.8 Å². The number of alkyl halides is 1. The fraction of sp³-hybridized carbons (Fsp3) is 0.533. The summed E-state index contributed by atoms with van der Waals surface area (Å²) in [7, 11) is 0. The van der Waals surface area contributed by atoms with Crippen LogP contribution in [0.15, 0.2) is 24.3 Å². The highest BCUT2D eigenvalue weighted by Gasteiger charge is 2.20. The van der Waals surface area contributed by atoms with Crippen LogP contribution in [0, 0.1) is 0 Å². The van der Waals surface area contributed by atoms with Crippen LogP contribution in [0.5, 0.6) is 5.75 Å². The van der Waals surface area contributed by atoms with Crippen molar-refractivity contribution in [2.75, 3.05) is 5.88 Å². The van der Waals surface area contributed by atoms with Gasteiger partial charge in [0.2, 0.25) is 0 Å². The molecule has 0 saturated carbocycles. The van der Waals surface area contributed by atoms with E-state index in [9.17, 15) is 4.79 Å². The molecule has 106 valence electrons. The van der Waals surface area contributed by atoms with Crippen molar-refractivity contribution in [3.8, 4) is 5.75 Å². The summed E-state index contributed by atoms with van der Waals surface area (Å²) in [5.41, 5.74) is 0.286. The molecular weight excluding hydrogens is 262 g/mol. The first-order chi connectivity index (χ1) is 8.84. The maximum absolute atomic E-state index is 12.2. The number of carbonyl (C=O) groups is 1. The number of ether oxygens (including phenoxy) is 1. The van der Waals surface area contributed by atoms with Crippen LogP contribution < -0.4 is 10.1 Å². The second-order valence-corrected chi connectivity index (χ2v) is 5.85. The fourth-order valence-electron chi connectivity index (χ4n) is 1.66. The Morgan fingerprint density at radius 3 is 2.68 bits per heavy atom. The van der Waals surface area contributed by atoms with Gasteiger partial charge in [-0.3, -0.25) is 4.79 Å². The third kappa shape index (κ3) is 5.52. The van der Waals surface area contributed by atoms with Crippen LogP contribution in [0.3, 0.4) is 0 Å². The van der Waals surface area contributed by atoms with Crippen molar-refractivity contribution < 1.29 is 9.53 Å². The van der Waals surface area contributed by atoms with Crippen molar-refractivity contribution in [1.29, 1.82) is 0 Å². The van der Waals surface area contributed by atoms with Crippen LogP contribution in [0.2, 0.25) is 0 Å². The Morgan fingerprint density at radius 1 is 1.42 bits per heavy atom. The first-order valence-corrected chi connectivity index (χ1v) is 7.03. The van der Waals surface area contributed by atoms with Gasteiger partial charge in [0.05, 0.1) is 6.10 Å². The lowest BCUT2D eigenvalue weighted by molar-refractivity contribution is 0.0911. The average Bonchev–Trinajstić information content (AvgIpc) is 2.27. The number of nitrogens with one attached hydrogen (secondary N) is 1. The maximum Gasteiger partial charge on any atom is 0.251 e. The number of rotatable bonds is 6. The van der Waals surface area contributed by atoms with E-state index in [2.05, 4.69) is 5.32 Å². The molecule has 1 amide bonds. The summed E-state index contributed by atoms with van der Waals surface area (Å²) in [6.07, 6.45) is 0.814. The molecule has 19 heavy (non-hydrogen) atoms. The molecule has 0 aliphatic carbocycles. The van der Waals surface area contributed by atoms with Crippen LogP contribution in [-0.2, 0) is 0 Å². The van der Waals surface area contributed by atoms with E-state index in [4.69, 9.17) is 16.3 Å². The zero-order valence-corrected chi connectivity index (χ0v) is 12.8. The number of carbonyl (C=O) groups excluding carboxylic acids is 1. The summed E-state index contributed by atoms with van der Waals surface area (Å²) in [6, 6.07) is 7.20. The van der Waals surface area contributed by atoms with Crippen molar-refractivity contribution in [1.82, 2.24) is 5.32 Å². The standard InChI is InChI=1S/C15H22ClNO2/c1-11(2)19-13-7-5-6-12(10-13)14(18)17-15(3,4)8-9-16/h5-7,10-11H,8-9H2,1-4H3,(H,17,18). The van der Waals surface area contributed by atoms with Gasteiger partial charge in [0.25, 0.3) is 5.91 Å². The lowest BCUT2D eigenvalue weighted by atomic mass is 10.0. The topological polar surface area (TPSA) is 38.3 Å². The van der Waals surface area contributed by atoms with Gasteiger partial charge < -0.3 is 10.1 Å². The monoisotopic (exact) mass is 283 g/mol. The third-order valence-electron chi connectivity index (χ3n) is 2.64. The third-order valence-corrected chi connectivity index (χ3v) is 2.83. The molecule has 0 unspecified atom stereocenters. The van der Waals surface area contributed by atoms with Gasteiger partial charge >= 0.3 is 0 Å². The number of amides is 1. The minimum absolute atomic E-state index is 0.0889. The van der Waals surface area contributed by atoms with E-state index in [-0.39, 0.29) is 17.6 Å². The molecule has 0 aromatic heterocycles. The Hall–Kier alpha value is -1.22. The zero-order chi connectivity index (χ0) is 14.5. The lowest BCUT2D eigenvalue weighted by Gasteiger charge is -2.25. The summed E-state index contributed by atoms with van der Waals surface area (Å²) < 4.78 is 5.58. The minimum Gasteiger partial charge on any atom is -0.491 e. The van der Waals surface area contributed by atoms with E-state index in [0.29, 0.717) is 17.2 Å². The van der Waals surface area contributed by atoms with Gasteiger partial charge in [-0.2, -0.15) is 0 Å². The largest absolute Gasteiger partial charge is 0.491 e. The van der Waals surface area contributed by atoms with Crippen LogP contribution in [0.1, 0.15) is 44.5 Å². The van der Waals surface area contributed by atoms with Gasteiger partial charge in [0.1, 0.15) is 5.75 Å². The Balaban J connectivity index is 2.77. The first kappa shape index (κ1) is 15.8. The number of halogens is 1. The number of hydrogen-bond donors (Lipinski definition) is 1. The minimum atomic E-state index is -0.312. The molecule has 0 radical (unpaired) electrons. The van der Waals surface area contributed by atoms with E-state index in [1.165, 1.54) is 0 Å². The molecular formula is C15H22ClNO2. The Bertz CT molecular complexity index is 430. The van der Waals surface area contributed by atoms with Crippen LogP contribution in [0.4, 0.5) is 0 Å². The molecule has 1 aromatic carbocycles. The molecule has 4 heteroatoms. The van der Waals surface area contributed by atoms with Gasteiger partial charge in [0.15, 0.2) is 0 Å². The molecule has 0 spiro atoms. The first-order valence-electron chi connectivity index (χ1n) is 6.49. The number of benzene rings is 1. The van der Waals surface area contributed by atoms with Gasteiger partial charge in [-0.05, 0) is 52.3 Å². The highest BCUT2D eigenvalue weighted by molar-refractivity contribution is 6.17. The average molecular weight is 284 g/mol. The van der Waals surface area contributed by atoms with Crippen molar-refractivity contribution >= 4 is 17.5 Å². The highest BCUT2D eigenvalue weighted by Crippen LogP contribution is 2.16. The molecule has 0 aliphatic heterocycles. The Labute approximate surface area is 120 Å². The molecule has 0 atom stereocenters. The molecule has 1 aromatic rings. The predicted octanol–water partition coefficient (Wildman–Crippen LogP) is 3.61. The molecule has 0 bridgehead atoms. The quantitative estimate of drug-likeness (QED) is 0.810. The summed E-state index contributed by atoms with van der Waals surface area (Å²) in [5, 5.41) is 2.98. The van der Waals surface area contributed by atoms with Gasteiger partial charge in [0, 0.05) is 17.0 Å². The van der Waals surface area contributed by atoms with Gasteiger partial charge in [-0.25, -0.2) is 0 Å². The van der Waals surface area contributed by atoms with E-state index in [1.54, 1.807) is 12.1 Å². The lowest BCUT2D eigenvalue weighted by Crippen LogP contribution is -2.43. The summed E-state index contributed by atoms with van der Waals surface area (Å²) in [5.74, 6) is 1.12. The van der Waals surface area contributed by atoms with Crippen LogP contribution >= 0.6 is 11.6 Å². The van der Waals surface area contributed by atoms with Crippen LogP contribution in [-0.4, -0.2) is 23.4 Å². The van der Waals surface area contributed by atoms with E-state index in [0.717, 1.165) is 6.42 Å². The molecule has 0 aliphatic rings. The summed E-state index contributed by atoms with van der Waals surface area (Å²) in [4.78, 5) is 12.2. The van der Waals surface area contributed by atoms with Gasteiger partial charge in [-0.1, -0.05) is 6.07 Å². The Kier molecular flexibility index (Phi) is 5.67. The molecule has 0 heterocycles. The molecule has 0 saturated heterocycles. The fourth-order valence-corrected chi connectivity index (χ4v) is 2.13. The molecule has 0 fully saturated rings. The highest BCUT2D eigenvalue weighted by atomic mass is 35.5. The normalized spacial score (nSPS) is 11.5. The zero-order valence-electron chi connectivity index (χ0n) is 12.0. The summed E-state index contributed by atoms with van der Waals surface area (Å²) in [6.45, 7) is 7.83. The molecule has 1 rings (SSSR count). The van der Waals surface area contributed by atoms with E-state index >= 15 is 0 Å². The summed E-state index contributed by atoms with van der Waals surface area (Å²) >= 11 is 5.73.